The van der Waals surface area contributed by atoms with Crippen LogP contribution in [-0.4, -0.2) is 45.7 Å². The van der Waals surface area contributed by atoms with Crippen molar-refractivity contribution in [3.8, 4) is 11.8 Å². The first-order chi connectivity index (χ1) is 12.0. The molecular weight excluding hydrogens is 318 g/mol. The summed E-state index contributed by atoms with van der Waals surface area (Å²) in [4.78, 5) is 24.4. The molecule has 25 heavy (non-hydrogen) atoms. The van der Waals surface area contributed by atoms with Gasteiger partial charge >= 0.3 is 5.97 Å². The second-order valence-electron chi connectivity index (χ2n) is 6.73. The van der Waals surface area contributed by atoms with Gasteiger partial charge in [-0.25, -0.2) is 0 Å². The zero-order chi connectivity index (χ0) is 18.7. The normalized spacial score (nSPS) is 19.7. The van der Waals surface area contributed by atoms with Crippen molar-refractivity contribution in [2.24, 2.45) is 5.92 Å². The smallest absolute Gasteiger partial charge is 0.303 e. The minimum absolute atomic E-state index is 0.0608. The molecule has 0 aliphatic carbocycles. The Labute approximate surface area is 151 Å². The lowest BCUT2D eigenvalue weighted by Crippen LogP contribution is -2.33. The second kappa shape index (κ2) is 11.7. The fourth-order valence-electron chi connectivity index (χ4n) is 2.97. The Morgan fingerprint density at radius 1 is 1.36 bits per heavy atom. The van der Waals surface area contributed by atoms with Crippen molar-refractivity contribution in [3.05, 3.63) is 12.2 Å². The standard InChI is InChI=1S/C20H31NO4/c1-3-4-9-16(2)18(22)13-11-17-12-14-19(23)21(17)15-8-6-5-7-10-20(24)25/h11,13,16-18,22H,5-10,12,14-15H2,1-2H3,(H,24,25)/b13-11+/t16?,17-,18+/m0/s1. The van der Waals surface area contributed by atoms with E-state index in [0.717, 1.165) is 25.7 Å². The third kappa shape index (κ3) is 8.22. The van der Waals surface area contributed by atoms with Gasteiger partial charge in [0.25, 0.3) is 0 Å². The van der Waals surface area contributed by atoms with E-state index in [1.165, 1.54) is 0 Å². The maximum absolute atomic E-state index is 12.0. The molecule has 1 heterocycles. The summed E-state index contributed by atoms with van der Waals surface area (Å²) in [6.07, 6.45) is 8.82. The van der Waals surface area contributed by atoms with Gasteiger partial charge in [-0.2, -0.15) is 0 Å². The van der Waals surface area contributed by atoms with Crippen LogP contribution < -0.4 is 0 Å². The molecule has 0 radical (unpaired) electrons. The molecule has 2 N–H and O–H groups in total. The van der Waals surface area contributed by atoms with Gasteiger partial charge < -0.3 is 15.1 Å². The SMILES string of the molecule is CC#CCC(C)[C@H](O)/C=C/[C@H]1CCC(=O)N1CCCCCCC(=O)O. The zero-order valence-electron chi connectivity index (χ0n) is 15.4. The Morgan fingerprint density at radius 2 is 2.08 bits per heavy atom. The van der Waals surface area contributed by atoms with E-state index in [2.05, 4.69) is 11.8 Å². The number of rotatable bonds is 11. The summed E-state index contributed by atoms with van der Waals surface area (Å²) < 4.78 is 0. The van der Waals surface area contributed by atoms with Gasteiger partial charge in [-0.3, -0.25) is 9.59 Å². The third-order valence-electron chi connectivity index (χ3n) is 4.63. The number of carbonyl (C=O) groups excluding carboxylic acids is 1. The summed E-state index contributed by atoms with van der Waals surface area (Å²) in [5.41, 5.74) is 0. The molecular formula is C20H31NO4. The lowest BCUT2D eigenvalue weighted by molar-refractivity contribution is -0.137. The third-order valence-corrected chi connectivity index (χ3v) is 4.63. The predicted molar refractivity (Wildman–Crippen MR) is 97.8 cm³/mol. The molecule has 0 aromatic carbocycles. The van der Waals surface area contributed by atoms with Crippen LogP contribution in [0.25, 0.3) is 0 Å². The summed E-state index contributed by atoms with van der Waals surface area (Å²) in [7, 11) is 0. The molecule has 1 saturated heterocycles. The lowest BCUT2D eigenvalue weighted by Gasteiger charge is -2.23. The van der Waals surface area contributed by atoms with Crippen LogP contribution in [0.15, 0.2) is 12.2 Å². The average molecular weight is 349 g/mol. The Kier molecular flexibility index (Phi) is 9.94. The number of carboxylic acid groups (broad SMARTS) is 1. The quantitative estimate of drug-likeness (QED) is 0.341. The largest absolute Gasteiger partial charge is 0.481 e. The van der Waals surface area contributed by atoms with E-state index in [0.29, 0.717) is 25.8 Å². The van der Waals surface area contributed by atoms with Crippen molar-refractivity contribution >= 4 is 11.9 Å². The van der Waals surface area contributed by atoms with Gasteiger partial charge in [-0.1, -0.05) is 31.9 Å². The highest BCUT2D eigenvalue weighted by Crippen LogP contribution is 2.21. The number of unbranched alkanes of at least 4 members (excludes halogenated alkanes) is 3. The molecule has 0 bridgehead atoms. The molecule has 140 valence electrons. The zero-order valence-corrected chi connectivity index (χ0v) is 15.4. The van der Waals surface area contributed by atoms with Gasteiger partial charge in [0.1, 0.15) is 0 Å². The van der Waals surface area contributed by atoms with Crippen LogP contribution in [0.2, 0.25) is 0 Å². The summed E-state index contributed by atoms with van der Waals surface area (Å²) in [5.74, 6) is 5.30. The highest BCUT2D eigenvalue weighted by molar-refractivity contribution is 5.79. The molecule has 0 aromatic rings. The number of hydrogen-bond donors (Lipinski definition) is 2. The molecule has 1 amide bonds. The number of nitrogens with zero attached hydrogens (tertiary/aromatic N) is 1. The number of likely N-dealkylation sites (tertiary alicyclic amines) is 1. The number of hydrogen-bond acceptors (Lipinski definition) is 3. The van der Waals surface area contributed by atoms with Crippen LogP contribution in [0, 0.1) is 17.8 Å². The van der Waals surface area contributed by atoms with Gasteiger partial charge in [-0.15, -0.1) is 11.8 Å². The molecule has 3 atom stereocenters. The molecule has 0 spiro atoms. The average Bonchev–Trinajstić information content (AvgIpc) is 2.93. The Balaban J connectivity index is 2.39. The molecule has 1 aliphatic heterocycles. The Morgan fingerprint density at radius 3 is 2.76 bits per heavy atom. The number of amides is 1. The minimum atomic E-state index is -0.752. The van der Waals surface area contributed by atoms with Crippen molar-refractivity contribution in [1.29, 1.82) is 0 Å². The monoisotopic (exact) mass is 349 g/mol. The minimum Gasteiger partial charge on any atom is -0.481 e. The van der Waals surface area contributed by atoms with Crippen LogP contribution in [0.5, 0.6) is 0 Å². The summed E-state index contributed by atoms with van der Waals surface area (Å²) in [5, 5.41) is 18.8. The number of aliphatic carboxylic acids is 1. The number of aliphatic hydroxyl groups is 1. The van der Waals surface area contributed by atoms with Crippen molar-refractivity contribution in [2.45, 2.75) is 77.4 Å². The van der Waals surface area contributed by atoms with E-state index in [4.69, 9.17) is 5.11 Å². The maximum Gasteiger partial charge on any atom is 0.303 e. The van der Waals surface area contributed by atoms with E-state index in [9.17, 15) is 14.7 Å². The molecule has 5 heteroatoms. The Bertz CT molecular complexity index is 518. The van der Waals surface area contributed by atoms with Crippen molar-refractivity contribution in [3.63, 3.8) is 0 Å². The van der Waals surface area contributed by atoms with Crippen LogP contribution >= 0.6 is 0 Å². The summed E-state index contributed by atoms with van der Waals surface area (Å²) in [6, 6.07) is 0.0608. The highest BCUT2D eigenvalue weighted by atomic mass is 16.4. The fourth-order valence-corrected chi connectivity index (χ4v) is 2.97. The van der Waals surface area contributed by atoms with E-state index in [1.54, 1.807) is 13.0 Å². The fraction of sp³-hybridized carbons (Fsp3) is 0.700. The first kappa shape index (κ1) is 21.2. The molecule has 5 nitrogen and oxygen atoms in total. The van der Waals surface area contributed by atoms with Gasteiger partial charge in [0.15, 0.2) is 0 Å². The molecule has 1 fully saturated rings. The molecule has 1 aliphatic rings. The Hall–Kier alpha value is -1.80. The summed E-state index contributed by atoms with van der Waals surface area (Å²) >= 11 is 0. The summed E-state index contributed by atoms with van der Waals surface area (Å²) in [6.45, 7) is 4.46. The second-order valence-corrected chi connectivity index (χ2v) is 6.73. The van der Waals surface area contributed by atoms with Crippen LogP contribution in [0.4, 0.5) is 0 Å². The molecule has 0 saturated carbocycles. The number of carboxylic acids is 1. The molecule has 1 rings (SSSR count). The first-order valence-electron chi connectivity index (χ1n) is 9.23. The van der Waals surface area contributed by atoms with Gasteiger partial charge in [0.05, 0.1) is 12.1 Å². The van der Waals surface area contributed by atoms with Gasteiger partial charge in [0, 0.05) is 25.8 Å². The van der Waals surface area contributed by atoms with E-state index < -0.39 is 12.1 Å². The molecule has 0 aromatic heterocycles. The lowest BCUT2D eigenvalue weighted by atomic mass is 10.00. The van der Waals surface area contributed by atoms with Crippen LogP contribution in [0.3, 0.4) is 0 Å². The van der Waals surface area contributed by atoms with E-state index in [1.807, 2.05) is 17.9 Å². The van der Waals surface area contributed by atoms with Crippen molar-refractivity contribution < 1.29 is 19.8 Å². The van der Waals surface area contributed by atoms with Crippen molar-refractivity contribution in [1.82, 2.24) is 4.90 Å². The van der Waals surface area contributed by atoms with Crippen LogP contribution in [-0.2, 0) is 9.59 Å². The number of aliphatic hydroxyl groups excluding tert-OH is 1. The van der Waals surface area contributed by atoms with Crippen molar-refractivity contribution in [2.75, 3.05) is 6.54 Å². The number of carbonyl (C=O) groups is 2. The first-order valence-corrected chi connectivity index (χ1v) is 9.23. The highest BCUT2D eigenvalue weighted by Gasteiger charge is 2.28. The predicted octanol–water partition coefficient (Wildman–Crippen LogP) is 2.98. The van der Waals surface area contributed by atoms with E-state index in [-0.39, 0.29) is 24.3 Å². The molecule has 1 unspecified atom stereocenters. The van der Waals surface area contributed by atoms with Crippen LogP contribution in [0.1, 0.15) is 65.2 Å². The van der Waals surface area contributed by atoms with Gasteiger partial charge in [-0.05, 0) is 32.1 Å². The van der Waals surface area contributed by atoms with E-state index >= 15 is 0 Å². The topological polar surface area (TPSA) is 77.8 Å². The van der Waals surface area contributed by atoms with Gasteiger partial charge in [0.2, 0.25) is 5.91 Å². The maximum atomic E-state index is 12.0.